The van der Waals surface area contributed by atoms with Gasteiger partial charge in [-0.15, -0.1) is 0 Å². The maximum Gasteiger partial charge on any atom is 0.323 e. The number of imidazole rings is 1. The van der Waals surface area contributed by atoms with Crippen molar-refractivity contribution in [2.24, 2.45) is 17.8 Å². The standard InChI is InChI=1S/C15H17BrN2O/c16-14(11-6-8-1-2-9(11)5-8)10-3-4-12-13(7-10)18-15(19)17-12/h3-4,7-9,11,14H,1-2,5-6H2,(H2,17,18,19). The van der Waals surface area contributed by atoms with E-state index in [-0.39, 0.29) is 5.69 Å². The van der Waals surface area contributed by atoms with Gasteiger partial charge in [0.25, 0.3) is 0 Å². The molecule has 4 atom stereocenters. The van der Waals surface area contributed by atoms with Crippen molar-refractivity contribution in [1.29, 1.82) is 0 Å². The van der Waals surface area contributed by atoms with Crippen LogP contribution in [0.2, 0.25) is 0 Å². The molecule has 2 N–H and O–H groups in total. The zero-order valence-corrected chi connectivity index (χ0v) is 12.2. The largest absolute Gasteiger partial charge is 0.323 e. The average molecular weight is 321 g/mol. The van der Waals surface area contributed by atoms with Gasteiger partial charge in [0.1, 0.15) is 0 Å². The van der Waals surface area contributed by atoms with E-state index < -0.39 is 0 Å². The molecule has 1 heterocycles. The number of halogens is 1. The van der Waals surface area contributed by atoms with Crippen LogP contribution in [0.3, 0.4) is 0 Å². The molecule has 2 aromatic rings. The Morgan fingerprint density at radius 3 is 2.74 bits per heavy atom. The Morgan fingerprint density at radius 1 is 1.16 bits per heavy atom. The van der Waals surface area contributed by atoms with Crippen LogP contribution in [0.5, 0.6) is 0 Å². The Bertz CT molecular complexity index is 674. The predicted molar refractivity (Wildman–Crippen MR) is 79.5 cm³/mol. The van der Waals surface area contributed by atoms with Crippen LogP contribution in [0.15, 0.2) is 23.0 Å². The molecule has 2 aliphatic rings. The van der Waals surface area contributed by atoms with Crippen molar-refractivity contribution in [2.75, 3.05) is 0 Å². The molecule has 3 nitrogen and oxygen atoms in total. The first-order valence-corrected chi connectivity index (χ1v) is 7.98. The second-order valence-electron chi connectivity index (χ2n) is 6.12. The molecule has 2 bridgehead atoms. The highest BCUT2D eigenvalue weighted by atomic mass is 79.9. The maximum absolute atomic E-state index is 11.3. The summed E-state index contributed by atoms with van der Waals surface area (Å²) < 4.78 is 0. The molecule has 0 radical (unpaired) electrons. The normalized spacial score (nSPS) is 31.1. The molecule has 4 heteroatoms. The van der Waals surface area contributed by atoms with E-state index in [0.29, 0.717) is 4.83 Å². The van der Waals surface area contributed by atoms with Gasteiger partial charge in [-0.05, 0) is 54.7 Å². The highest BCUT2D eigenvalue weighted by Gasteiger charge is 2.42. The Kier molecular flexibility index (Phi) is 2.62. The summed E-state index contributed by atoms with van der Waals surface area (Å²) in [6, 6.07) is 6.25. The van der Waals surface area contributed by atoms with E-state index in [9.17, 15) is 4.79 Å². The minimum atomic E-state index is -0.127. The number of fused-ring (bicyclic) bond motifs is 3. The molecule has 4 rings (SSSR count). The van der Waals surface area contributed by atoms with Crippen LogP contribution in [-0.4, -0.2) is 9.97 Å². The number of alkyl halides is 1. The Labute approximate surface area is 119 Å². The van der Waals surface area contributed by atoms with Crippen molar-refractivity contribution in [2.45, 2.75) is 30.5 Å². The van der Waals surface area contributed by atoms with Crippen LogP contribution in [0, 0.1) is 17.8 Å². The van der Waals surface area contributed by atoms with Gasteiger partial charge in [0.05, 0.1) is 11.0 Å². The van der Waals surface area contributed by atoms with Gasteiger partial charge >= 0.3 is 5.69 Å². The number of aromatic nitrogens is 2. The van der Waals surface area contributed by atoms with Gasteiger partial charge < -0.3 is 9.97 Å². The van der Waals surface area contributed by atoms with Crippen LogP contribution in [0.4, 0.5) is 0 Å². The molecule has 100 valence electrons. The van der Waals surface area contributed by atoms with Crippen molar-refractivity contribution in [1.82, 2.24) is 9.97 Å². The van der Waals surface area contributed by atoms with E-state index in [1.807, 2.05) is 6.07 Å². The summed E-state index contributed by atoms with van der Waals surface area (Å²) in [5, 5.41) is 0. The summed E-state index contributed by atoms with van der Waals surface area (Å²) in [6.07, 6.45) is 5.63. The highest BCUT2D eigenvalue weighted by Crippen LogP contribution is 2.54. The number of rotatable bonds is 2. The van der Waals surface area contributed by atoms with E-state index in [0.717, 1.165) is 28.8 Å². The van der Waals surface area contributed by atoms with Crippen molar-refractivity contribution in [3.63, 3.8) is 0 Å². The molecule has 19 heavy (non-hydrogen) atoms. The fraction of sp³-hybridized carbons (Fsp3) is 0.533. The lowest BCUT2D eigenvalue weighted by Crippen LogP contribution is -2.15. The lowest BCUT2D eigenvalue weighted by Gasteiger charge is -2.26. The number of H-pyrrole nitrogens is 2. The molecule has 2 aliphatic carbocycles. The van der Waals surface area contributed by atoms with E-state index in [4.69, 9.17) is 0 Å². The van der Waals surface area contributed by atoms with Crippen molar-refractivity contribution in [3.05, 3.63) is 34.2 Å². The van der Waals surface area contributed by atoms with E-state index in [2.05, 4.69) is 38.0 Å². The third-order valence-corrected chi connectivity index (χ3v) is 6.23. The quantitative estimate of drug-likeness (QED) is 0.814. The van der Waals surface area contributed by atoms with E-state index in [1.165, 1.54) is 31.2 Å². The zero-order valence-electron chi connectivity index (χ0n) is 10.7. The van der Waals surface area contributed by atoms with Gasteiger partial charge in [-0.3, -0.25) is 0 Å². The third kappa shape index (κ3) is 1.88. The van der Waals surface area contributed by atoms with Gasteiger partial charge in [0.2, 0.25) is 0 Å². The van der Waals surface area contributed by atoms with Crippen LogP contribution in [0.1, 0.15) is 36.1 Å². The van der Waals surface area contributed by atoms with Gasteiger partial charge in [-0.1, -0.05) is 28.4 Å². The molecule has 0 spiro atoms. The minimum absolute atomic E-state index is 0.127. The average Bonchev–Trinajstić information content (AvgIpc) is 3.09. The third-order valence-electron chi connectivity index (χ3n) is 5.03. The molecule has 1 aromatic heterocycles. The van der Waals surface area contributed by atoms with Crippen LogP contribution >= 0.6 is 15.9 Å². The van der Waals surface area contributed by atoms with Crippen molar-refractivity contribution >= 4 is 27.0 Å². The van der Waals surface area contributed by atoms with E-state index >= 15 is 0 Å². The smallest absolute Gasteiger partial charge is 0.306 e. The van der Waals surface area contributed by atoms with Gasteiger partial charge in [-0.25, -0.2) is 4.79 Å². The summed E-state index contributed by atoms with van der Waals surface area (Å²) in [5.74, 6) is 2.63. The molecular weight excluding hydrogens is 304 g/mol. The molecule has 2 fully saturated rings. The first kappa shape index (κ1) is 11.8. The predicted octanol–water partition coefficient (Wildman–Crippen LogP) is 3.73. The van der Waals surface area contributed by atoms with Crippen molar-refractivity contribution in [3.8, 4) is 0 Å². The molecule has 0 saturated heterocycles. The fourth-order valence-electron chi connectivity index (χ4n) is 4.12. The molecule has 4 unspecified atom stereocenters. The summed E-state index contributed by atoms with van der Waals surface area (Å²) in [7, 11) is 0. The van der Waals surface area contributed by atoms with Gasteiger partial charge in [0.15, 0.2) is 0 Å². The van der Waals surface area contributed by atoms with E-state index in [1.54, 1.807) is 0 Å². The van der Waals surface area contributed by atoms with Crippen LogP contribution < -0.4 is 5.69 Å². The Hall–Kier alpha value is -1.03. The fourth-order valence-corrected chi connectivity index (χ4v) is 5.05. The lowest BCUT2D eigenvalue weighted by molar-refractivity contribution is 0.329. The number of aromatic amines is 2. The lowest BCUT2D eigenvalue weighted by atomic mass is 9.84. The second-order valence-corrected chi connectivity index (χ2v) is 7.11. The minimum Gasteiger partial charge on any atom is -0.306 e. The Balaban J connectivity index is 1.67. The summed E-state index contributed by atoms with van der Waals surface area (Å²) in [5.41, 5.74) is 2.97. The summed E-state index contributed by atoms with van der Waals surface area (Å²) in [6.45, 7) is 0. The molecule has 0 aliphatic heterocycles. The molecule has 0 amide bonds. The van der Waals surface area contributed by atoms with Crippen LogP contribution in [0.25, 0.3) is 11.0 Å². The topological polar surface area (TPSA) is 48.6 Å². The number of hydrogen-bond acceptors (Lipinski definition) is 1. The number of nitrogens with one attached hydrogen (secondary N) is 2. The first-order valence-electron chi connectivity index (χ1n) is 7.07. The zero-order chi connectivity index (χ0) is 13.0. The highest BCUT2D eigenvalue weighted by molar-refractivity contribution is 9.09. The van der Waals surface area contributed by atoms with Gasteiger partial charge in [0, 0.05) is 4.83 Å². The summed E-state index contributed by atoms with van der Waals surface area (Å²) in [4.78, 5) is 17.4. The SMILES string of the molecule is O=c1[nH]c2ccc(C(Br)C3CC4CCC3C4)cc2[nH]1. The Morgan fingerprint density at radius 2 is 2.00 bits per heavy atom. The monoisotopic (exact) mass is 320 g/mol. The number of hydrogen-bond donors (Lipinski definition) is 2. The second kappa shape index (κ2) is 4.23. The maximum atomic E-state index is 11.3. The van der Waals surface area contributed by atoms with Crippen molar-refractivity contribution < 1.29 is 0 Å². The first-order chi connectivity index (χ1) is 9.20. The van der Waals surface area contributed by atoms with Gasteiger partial charge in [-0.2, -0.15) is 0 Å². The number of benzene rings is 1. The van der Waals surface area contributed by atoms with Crippen LogP contribution in [-0.2, 0) is 0 Å². The molecule has 2 saturated carbocycles. The molecule has 1 aromatic carbocycles. The summed E-state index contributed by atoms with van der Waals surface area (Å²) >= 11 is 3.90. The molecular formula is C15H17BrN2O.